The predicted molar refractivity (Wildman–Crippen MR) is 132 cm³/mol. The summed E-state index contributed by atoms with van der Waals surface area (Å²) in [6.45, 7) is 1.80. The van der Waals surface area contributed by atoms with Crippen LogP contribution in [0.5, 0.6) is 5.75 Å². The maximum atomic E-state index is 13.7. The summed E-state index contributed by atoms with van der Waals surface area (Å²) >= 11 is 0. The van der Waals surface area contributed by atoms with E-state index in [9.17, 15) is 18.4 Å². The summed E-state index contributed by atoms with van der Waals surface area (Å²) in [5.41, 5.74) is 2.44. The number of amides is 1. The molecule has 1 N–H and O–H groups in total. The summed E-state index contributed by atoms with van der Waals surface area (Å²) in [4.78, 5) is 29.2. The molecule has 0 aliphatic rings. The number of nitrogens with one attached hydrogen (secondary N) is 1. The number of esters is 1. The van der Waals surface area contributed by atoms with Crippen molar-refractivity contribution in [3.05, 3.63) is 102 Å². The zero-order valence-corrected chi connectivity index (χ0v) is 20.0. The lowest BCUT2D eigenvalue weighted by atomic mass is 10.1. The van der Waals surface area contributed by atoms with Gasteiger partial charge in [-0.2, -0.15) is 5.10 Å². The highest BCUT2D eigenvalue weighted by molar-refractivity contribution is 6.02. The standard InChI is InChI=1S/C27H20F2N4O5/c1-2-36-27(35)20-14-31-33-22(10-11-30-25(20)33)16-4-3-5-18(12-16)32-26(34)24-9-7-19(38-24)15-37-23-8-6-17(28)13-21(23)29/h3-14H,2,15H2,1H3,(H,32,34). The van der Waals surface area contributed by atoms with Gasteiger partial charge in [-0.05, 0) is 49.4 Å². The SMILES string of the molecule is CCOC(=O)c1cnn2c(-c3cccc(NC(=O)c4ccc(COc5ccc(F)cc5F)o4)c3)ccnc12. The van der Waals surface area contributed by atoms with Crippen LogP contribution in [0.4, 0.5) is 14.5 Å². The number of aromatic nitrogens is 3. The molecule has 38 heavy (non-hydrogen) atoms. The molecule has 0 spiro atoms. The zero-order valence-electron chi connectivity index (χ0n) is 20.0. The van der Waals surface area contributed by atoms with E-state index in [1.165, 1.54) is 28.9 Å². The molecular weight excluding hydrogens is 498 g/mol. The van der Waals surface area contributed by atoms with Crippen molar-refractivity contribution in [2.45, 2.75) is 13.5 Å². The molecule has 0 atom stereocenters. The van der Waals surface area contributed by atoms with E-state index >= 15 is 0 Å². The number of hydrogen-bond donors (Lipinski definition) is 1. The van der Waals surface area contributed by atoms with Crippen molar-refractivity contribution < 1.29 is 32.3 Å². The number of carbonyl (C=O) groups excluding carboxylic acids is 2. The van der Waals surface area contributed by atoms with Crippen LogP contribution in [-0.2, 0) is 11.3 Å². The Bertz CT molecular complexity index is 1650. The first-order valence-corrected chi connectivity index (χ1v) is 11.5. The second-order valence-electron chi connectivity index (χ2n) is 8.01. The molecule has 0 radical (unpaired) electrons. The van der Waals surface area contributed by atoms with Crippen molar-refractivity contribution >= 4 is 23.2 Å². The van der Waals surface area contributed by atoms with Crippen molar-refractivity contribution in [2.75, 3.05) is 11.9 Å². The van der Waals surface area contributed by atoms with Gasteiger partial charge in [0.15, 0.2) is 23.0 Å². The number of rotatable bonds is 8. The Kier molecular flexibility index (Phi) is 6.81. The van der Waals surface area contributed by atoms with Gasteiger partial charge >= 0.3 is 5.97 Å². The maximum Gasteiger partial charge on any atom is 0.343 e. The Morgan fingerprint density at radius 1 is 1.08 bits per heavy atom. The third kappa shape index (κ3) is 5.07. The fraction of sp³-hybridized carbons (Fsp3) is 0.111. The lowest BCUT2D eigenvalue weighted by molar-refractivity contribution is 0.0528. The Morgan fingerprint density at radius 3 is 2.76 bits per heavy atom. The summed E-state index contributed by atoms with van der Waals surface area (Å²) in [5, 5.41) is 7.05. The lowest BCUT2D eigenvalue weighted by Gasteiger charge is -2.08. The molecule has 5 rings (SSSR count). The Morgan fingerprint density at radius 2 is 1.95 bits per heavy atom. The molecule has 0 saturated heterocycles. The molecule has 192 valence electrons. The van der Waals surface area contributed by atoms with E-state index < -0.39 is 23.5 Å². The molecule has 0 aliphatic heterocycles. The van der Waals surface area contributed by atoms with E-state index in [2.05, 4.69) is 15.4 Å². The van der Waals surface area contributed by atoms with Crippen LogP contribution in [0.3, 0.4) is 0 Å². The second kappa shape index (κ2) is 10.5. The summed E-state index contributed by atoms with van der Waals surface area (Å²) in [5.74, 6) is -2.41. The molecule has 5 aromatic rings. The topological polar surface area (TPSA) is 108 Å². The van der Waals surface area contributed by atoms with Crippen LogP contribution in [0.2, 0.25) is 0 Å². The van der Waals surface area contributed by atoms with Gasteiger partial charge in [0.1, 0.15) is 23.7 Å². The first-order chi connectivity index (χ1) is 18.4. The van der Waals surface area contributed by atoms with Gasteiger partial charge in [-0.25, -0.2) is 23.1 Å². The molecule has 0 bridgehead atoms. The number of furan rings is 1. The van der Waals surface area contributed by atoms with E-state index in [1.807, 2.05) is 6.07 Å². The van der Waals surface area contributed by atoms with Crippen molar-refractivity contribution in [1.82, 2.24) is 14.6 Å². The normalized spacial score (nSPS) is 10.9. The highest BCUT2D eigenvalue weighted by Gasteiger charge is 2.18. The highest BCUT2D eigenvalue weighted by atomic mass is 19.1. The van der Waals surface area contributed by atoms with Crippen molar-refractivity contribution in [2.24, 2.45) is 0 Å². The number of benzene rings is 2. The second-order valence-corrected chi connectivity index (χ2v) is 8.01. The van der Waals surface area contributed by atoms with Crippen LogP contribution in [0.15, 0.2) is 77.5 Å². The monoisotopic (exact) mass is 518 g/mol. The zero-order chi connectivity index (χ0) is 26.6. The van der Waals surface area contributed by atoms with Gasteiger partial charge in [0, 0.05) is 23.5 Å². The lowest BCUT2D eigenvalue weighted by Crippen LogP contribution is -2.11. The number of nitrogens with zero attached hydrogens (tertiary/aromatic N) is 3. The maximum absolute atomic E-state index is 13.7. The summed E-state index contributed by atoms with van der Waals surface area (Å²) < 4.78 is 44.2. The third-order valence-corrected chi connectivity index (χ3v) is 5.46. The first-order valence-electron chi connectivity index (χ1n) is 11.5. The minimum atomic E-state index is -0.840. The van der Waals surface area contributed by atoms with Crippen LogP contribution in [0.25, 0.3) is 16.9 Å². The number of halogens is 2. The van der Waals surface area contributed by atoms with E-state index in [-0.39, 0.29) is 36.0 Å². The van der Waals surface area contributed by atoms with Crippen molar-refractivity contribution in [3.8, 4) is 17.0 Å². The van der Waals surface area contributed by atoms with E-state index in [0.717, 1.165) is 6.07 Å². The third-order valence-electron chi connectivity index (χ3n) is 5.46. The largest absolute Gasteiger partial charge is 0.483 e. The molecule has 9 nitrogen and oxygen atoms in total. The molecule has 0 fully saturated rings. The smallest absolute Gasteiger partial charge is 0.343 e. The van der Waals surface area contributed by atoms with E-state index in [1.54, 1.807) is 37.4 Å². The molecule has 0 saturated carbocycles. The summed E-state index contributed by atoms with van der Waals surface area (Å²) in [6, 6.07) is 14.7. The Hall–Kier alpha value is -5.06. The van der Waals surface area contributed by atoms with Crippen molar-refractivity contribution in [1.29, 1.82) is 0 Å². The number of carbonyl (C=O) groups is 2. The van der Waals surface area contributed by atoms with Crippen LogP contribution in [-0.4, -0.2) is 33.1 Å². The molecule has 3 aromatic heterocycles. The van der Waals surface area contributed by atoms with Gasteiger partial charge in [0.05, 0.1) is 18.5 Å². The average Bonchev–Trinajstić information content (AvgIpc) is 3.56. The van der Waals surface area contributed by atoms with Crippen molar-refractivity contribution in [3.63, 3.8) is 0 Å². The van der Waals surface area contributed by atoms with E-state index in [4.69, 9.17) is 13.9 Å². The van der Waals surface area contributed by atoms with Crippen LogP contribution < -0.4 is 10.1 Å². The Labute approximate surface area is 214 Å². The molecule has 11 heteroatoms. The van der Waals surface area contributed by atoms with Gasteiger partial charge in [-0.1, -0.05) is 12.1 Å². The van der Waals surface area contributed by atoms with Crippen LogP contribution in [0, 0.1) is 11.6 Å². The molecule has 1 amide bonds. The highest BCUT2D eigenvalue weighted by Crippen LogP contribution is 2.25. The van der Waals surface area contributed by atoms with Gasteiger partial charge in [0.2, 0.25) is 0 Å². The quantitative estimate of drug-likeness (QED) is 0.279. The van der Waals surface area contributed by atoms with Gasteiger partial charge in [-0.3, -0.25) is 4.79 Å². The van der Waals surface area contributed by atoms with E-state index in [0.29, 0.717) is 28.7 Å². The number of hydrogen-bond acceptors (Lipinski definition) is 7. The molecule has 0 unspecified atom stereocenters. The summed E-state index contributed by atoms with van der Waals surface area (Å²) in [7, 11) is 0. The van der Waals surface area contributed by atoms with Crippen LogP contribution >= 0.6 is 0 Å². The predicted octanol–water partition coefficient (Wildman–Crippen LogP) is 5.28. The van der Waals surface area contributed by atoms with Crippen LogP contribution in [0.1, 0.15) is 33.6 Å². The fourth-order valence-corrected chi connectivity index (χ4v) is 3.73. The van der Waals surface area contributed by atoms with Gasteiger partial charge in [-0.15, -0.1) is 0 Å². The molecular formula is C27H20F2N4O5. The molecule has 3 heterocycles. The average molecular weight is 518 g/mol. The summed E-state index contributed by atoms with van der Waals surface area (Å²) in [6.07, 6.45) is 2.96. The molecule has 0 aliphatic carbocycles. The minimum Gasteiger partial charge on any atom is -0.483 e. The Balaban J connectivity index is 1.30. The van der Waals surface area contributed by atoms with Gasteiger partial charge < -0.3 is 19.2 Å². The van der Waals surface area contributed by atoms with Gasteiger partial charge in [0.25, 0.3) is 5.91 Å². The number of fused-ring (bicyclic) bond motifs is 1. The first kappa shape index (κ1) is 24.6. The fourth-order valence-electron chi connectivity index (χ4n) is 3.73. The molecule has 2 aromatic carbocycles. The number of ether oxygens (including phenoxy) is 2. The minimum absolute atomic E-state index is 0.0195. The number of anilines is 1.